The molecule has 1 aliphatic rings. The van der Waals surface area contributed by atoms with E-state index in [1.54, 1.807) is 0 Å². The second kappa shape index (κ2) is 6.70. The largest absolute Gasteiger partial charge is 0.370 e. The van der Waals surface area contributed by atoms with Gasteiger partial charge in [-0.15, -0.1) is 0 Å². The minimum Gasteiger partial charge on any atom is -0.370 e. The molecule has 1 aromatic carbocycles. The number of hydrogen-bond donors (Lipinski definition) is 1. The summed E-state index contributed by atoms with van der Waals surface area (Å²) in [6, 6.07) is 8.96. The van der Waals surface area contributed by atoms with Crippen molar-refractivity contribution in [3.05, 3.63) is 35.4 Å². The average Bonchev–Trinajstić information content (AvgIpc) is 2.35. The van der Waals surface area contributed by atoms with Crippen LogP contribution in [0, 0.1) is 0 Å². The Bertz CT molecular complexity index is 414. The third kappa shape index (κ3) is 4.58. The molecule has 1 fully saturated rings. The van der Waals surface area contributed by atoms with Crippen LogP contribution in [0.25, 0.3) is 0 Å². The van der Waals surface area contributed by atoms with Gasteiger partial charge in [0.1, 0.15) is 0 Å². The zero-order valence-electron chi connectivity index (χ0n) is 13.3. The lowest BCUT2D eigenvalue weighted by atomic mass is 10.0. The number of morpholine rings is 1. The first kappa shape index (κ1) is 15.5. The summed E-state index contributed by atoms with van der Waals surface area (Å²) in [5, 5.41) is 3.36. The number of hydrogen-bond acceptors (Lipinski definition) is 3. The first-order chi connectivity index (χ1) is 9.48. The molecule has 3 heteroatoms. The summed E-state index contributed by atoms with van der Waals surface area (Å²) in [6.07, 6.45) is 0.312. The van der Waals surface area contributed by atoms with E-state index in [4.69, 9.17) is 4.74 Å². The summed E-state index contributed by atoms with van der Waals surface area (Å²) in [5.41, 5.74) is 2.70. The van der Waals surface area contributed by atoms with E-state index in [1.165, 1.54) is 11.1 Å². The van der Waals surface area contributed by atoms with Gasteiger partial charge in [-0.2, -0.15) is 0 Å². The van der Waals surface area contributed by atoms with Gasteiger partial charge in [0, 0.05) is 26.2 Å². The number of ether oxygens (including phenoxy) is 1. The second-order valence-electron chi connectivity index (χ2n) is 6.45. The van der Waals surface area contributed by atoms with E-state index in [2.05, 4.69) is 62.2 Å². The van der Waals surface area contributed by atoms with Gasteiger partial charge in [0.25, 0.3) is 0 Å². The number of rotatable bonds is 5. The fourth-order valence-corrected chi connectivity index (χ4v) is 3.00. The van der Waals surface area contributed by atoms with Crippen LogP contribution in [0.1, 0.15) is 38.8 Å². The van der Waals surface area contributed by atoms with Crippen molar-refractivity contribution in [3.63, 3.8) is 0 Å². The lowest BCUT2D eigenvalue weighted by Crippen LogP contribution is -2.51. The van der Waals surface area contributed by atoms with Crippen LogP contribution in [0.15, 0.2) is 24.3 Å². The predicted octanol–water partition coefficient (Wildman–Crippen LogP) is 2.80. The van der Waals surface area contributed by atoms with E-state index in [0.717, 1.165) is 32.7 Å². The van der Waals surface area contributed by atoms with Crippen molar-refractivity contribution in [1.82, 2.24) is 10.2 Å². The van der Waals surface area contributed by atoms with Crippen molar-refractivity contribution in [2.75, 3.05) is 19.6 Å². The Labute approximate surface area is 123 Å². The third-order valence-electron chi connectivity index (χ3n) is 3.65. The average molecular weight is 276 g/mol. The van der Waals surface area contributed by atoms with Crippen LogP contribution in [0.5, 0.6) is 0 Å². The smallest absolute Gasteiger partial charge is 0.0757 e. The van der Waals surface area contributed by atoms with Gasteiger partial charge in [0.15, 0.2) is 0 Å². The maximum Gasteiger partial charge on any atom is 0.0757 e. The van der Waals surface area contributed by atoms with Gasteiger partial charge >= 0.3 is 0 Å². The summed E-state index contributed by atoms with van der Waals surface area (Å²) in [6.45, 7) is 13.6. The third-order valence-corrected chi connectivity index (χ3v) is 3.65. The van der Waals surface area contributed by atoms with Crippen LogP contribution in [0.3, 0.4) is 0 Å². The molecule has 20 heavy (non-hydrogen) atoms. The Morgan fingerprint density at radius 3 is 2.50 bits per heavy atom. The SMILES string of the molecule is CCNCc1ccc(CN2CC(C)OC(C)(C)C2)cc1. The number of nitrogens with zero attached hydrogens (tertiary/aromatic N) is 1. The minimum absolute atomic E-state index is 0.0390. The fraction of sp³-hybridized carbons (Fsp3) is 0.647. The van der Waals surface area contributed by atoms with E-state index < -0.39 is 0 Å². The van der Waals surface area contributed by atoms with Gasteiger partial charge in [-0.1, -0.05) is 31.2 Å². The molecule has 0 aromatic heterocycles. The molecular formula is C17H28N2O. The molecule has 0 spiro atoms. The first-order valence-corrected chi connectivity index (χ1v) is 7.67. The molecule has 1 atom stereocenters. The van der Waals surface area contributed by atoms with Crippen LogP contribution in [-0.4, -0.2) is 36.2 Å². The lowest BCUT2D eigenvalue weighted by Gasteiger charge is -2.41. The highest BCUT2D eigenvalue weighted by atomic mass is 16.5. The second-order valence-corrected chi connectivity index (χ2v) is 6.45. The zero-order valence-corrected chi connectivity index (χ0v) is 13.3. The quantitative estimate of drug-likeness (QED) is 0.895. The van der Waals surface area contributed by atoms with Crippen LogP contribution >= 0.6 is 0 Å². The minimum atomic E-state index is -0.0390. The Hall–Kier alpha value is -0.900. The predicted molar refractivity (Wildman–Crippen MR) is 83.7 cm³/mol. The van der Waals surface area contributed by atoms with Crippen molar-refractivity contribution in [2.24, 2.45) is 0 Å². The summed E-state index contributed by atoms with van der Waals surface area (Å²) in [4.78, 5) is 2.49. The lowest BCUT2D eigenvalue weighted by molar-refractivity contribution is -0.130. The number of nitrogens with one attached hydrogen (secondary N) is 1. The summed E-state index contributed by atoms with van der Waals surface area (Å²) >= 11 is 0. The molecule has 0 radical (unpaired) electrons. The van der Waals surface area contributed by atoms with E-state index in [0.29, 0.717) is 6.10 Å². The molecule has 1 unspecified atom stereocenters. The normalized spacial score (nSPS) is 22.9. The van der Waals surface area contributed by atoms with E-state index >= 15 is 0 Å². The molecule has 1 heterocycles. The molecule has 112 valence electrons. The van der Waals surface area contributed by atoms with Gasteiger partial charge in [-0.25, -0.2) is 0 Å². The highest BCUT2D eigenvalue weighted by Crippen LogP contribution is 2.22. The molecule has 1 aromatic rings. The summed E-state index contributed by atoms with van der Waals surface area (Å²) in [5.74, 6) is 0. The Kier molecular flexibility index (Phi) is 5.19. The molecule has 0 amide bonds. The van der Waals surface area contributed by atoms with Crippen molar-refractivity contribution in [2.45, 2.75) is 52.5 Å². The van der Waals surface area contributed by atoms with E-state index in [1.807, 2.05) is 0 Å². The fourth-order valence-electron chi connectivity index (χ4n) is 3.00. The van der Waals surface area contributed by atoms with Crippen molar-refractivity contribution >= 4 is 0 Å². The monoisotopic (exact) mass is 276 g/mol. The van der Waals surface area contributed by atoms with Crippen LogP contribution < -0.4 is 5.32 Å². The topological polar surface area (TPSA) is 24.5 Å². The zero-order chi connectivity index (χ0) is 14.6. The Morgan fingerprint density at radius 1 is 1.25 bits per heavy atom. The molecule has 1 saturated heterocycles. The van der Waals surface area contributed by atoms with Gasteiger partial charge in [0.05, 0.1) is 11.7 Å². The first-order valence-electron chi connectivity index (χ1n) is 7.67. The highest BCUT2D eigenvalue weighted by molar-refractivity contribution is 5.22. The molecule has 1 aliphatic heterocycles. The van der Waals surface area contributed by atoms with Crippen molar-refractivity contribution in [1.29, 1.82) is 0 Å². The molecule has 3 nitrogen and oxygen atoms in total. The molecule has 0 bridgehead atoms. The molecule has 2 rings (SSSR count). The van der Waals surface area contributed by atoms with Crippen LogP contribution in [0.2, 0.25) is 0 Å². The molecule has 1 N–H and O–H groups in total. The van der Waals surface area contributed by atoms with Gasteiger partial charge in [-0.05, 0) is 38.4 Å². The summed E-state index contributed by atoms with van der Waals surface area (Å²) < 4.78 is 5.96. The van der Waals surface area contributed by atoms with E-state index in [9.17, 15) is 0 Å². The molecule has 0 aliphatic carbocycles. The van der Waals surface area contributed by atoms with Crippen LogP contribution in [-0.2, 0) is 17.8 Å². The summed E-state index contributed by atoms with van der Waals surface area (Å²) in [7, 11) is 0. The molecular weight excluding hydrogens is 248 g/mol. The Morgan fingerprint density at radius 2 is 1.90 bits per heavy atom. The highest BCUT2D eigenvalue weighted by Gasteiger charge is 2.30. The number of benzene rings is 1. The standard InChI is InChI=1S/C17H28N2O/c1-5-18-10-15-6-8-16(9-7-15)12-19-11-14(2)20-17(3,4)13-19/h6-9,14,18H,5,10-13H2,1-4H3. The maximum absolute atomic E-state index is 5.96. The Balaban J connectivity index is 1.92. The van der Waals surface area contributed by atoms with E-state index in [-0.39, 0.29) is 5.60 Å². The molecule has 0 saturated carbocycles. The van der Waals surface area contributed by atoms with Gasteiger partial charge < -0.3 is 10.1 Å². The van der Waals surface area contributed by atoms with Crippen molar-refractivity contribution < 1.29 is 4.74 Å². The maximum atomic E-state index is 5.96. The van der Waals surface area contributed by atoms with Crippen molar-refractivity contribution in [3.8, 4) is 0 Å². The van der Waals surface area contributed by atoms with Crippen LogP contribution in [0.4, 0.5) is 0 Å². The van der Waals surface area contributed by atoms with Gasteiger partial charge in [0.2, 0.25) is 0 Å². The van der Waals surface area contributed by atoms with Gasteiger partial charge in [-0.3, -0.25) is 4.90 Å².